The first-order chi connectivity index (χ1) is 6.94. The molecule has 0 aliphatic carbocycles. The lowest BCUT2D eigenvalue weighted by molar-refractivity contribution is -0.277. The first-order valence-corrected chi connectivity index (χ1v) is 3.70. The van der Waals surface area contributed by atoms with Crippen molar-refractivity contribution in [3.63, 3.8) is 0 Å². The first-order valence-electron chi connectivity index (χ1n) is 3.70. The van der Waals surface area contributed by atoms with Crippen LogP contribution in [0, 0.1) is 17.1 Å². The van der Waals surface area contributed by atoms with Gasteiger partial charge in [0.15, 0.2) is 5.82 Å². The van der Waals surface area contributed by atoms with Crippen molar-refractivity contribution in [1.82, 2.24) is 4.98 Å². The zero-order chi connectivity index (χ0) is 11.5. The van der Waals surface area contributed by atoms with Gasteiger partial charge in [0, 0.05) is 11.8 Å². The number of rotatable bonds is 2. The monoisotopic (exact) mass is 220 g/mol. The molecule has 0 N–H and O–H groups in total. The van der Waals surface area contributed by atoms with Crippen LogP contribution in [-0.4, -0.2) is 11.3 Å². The minimum absolute atomic E-state index is 0.188. The highest BCUT2D eigenvalue weighted by Crippen LogP contribution is 2.24. The van der Waals surface area contributed by atoms with Crippen LogP contribution in [0.2, 0.25) is 0 Å². The molecule has 1 heterocycles. The summed E-state index contributed by atoms with van der Waals surface area (Å²) in [5, 5.41) is 8.27. The van der Waals surface area contributed by atoms with Crippen LogP contribution >= 0.6 is 0 Å². The highest BCUT2D eigenvalue weighted by molar-refractivity contribution is 5.25. The predicted molar refractivity (Wildman–Crippen MR) is 40.2 cm³/mol. The SMILES string of the molecule is N#CCc1ccnc(OC(F)(F)F)c1F. The zero-order valence-electron chi connectivity index (χ0n) is 7.18. The smallest absolute Gasteiger partial charge is 0.385 e. The van der Waals surface area contributed by atoms with E-state index in [4.69, 9.17) is 5.26 Å². The van der Waals surface area contributed by atoms with E-state index in [1.807, 2.05) is 0 Å². The van der Waals surface area contributed by atoms with Crippen molar-refractivity contribution in [3.05, 3.63) is 23.6 Å². The Bertz CT molecular complexity index is 397. The van der Waals surface area contributed by atoms with E-state index >= 15 is 0 Å². The Labute approximate surface area is 81.9 Å². The predicted octanol–water partition coefficient (Wildman–Crippen LogP) is 2.19. The molecule has 1 aromatic heterocycles. The molecule has 0 aromatic carbocycles. The number of halogens is 4. The Balaban J connectivity index is 3.00. The molecular weight excluding hydrogens is 216 g/mol. The highest BCUT2D eigenvalue weighted by Gasteiger charge is 2.33. The van der Waals surface area contributed by atoms with Crippen molar-refractivity contribution in [2.75, 3.05) is 0 Å². The van der Waals surface area contributed by atoms with Crippen LogP contribution in [0.1, 0.15) is 5.56 Å². The van der Waals surface area contributed by atoms with E-state index in [-0.39, 0.29) is 12.0 Å². The maximum atomic E-state index is 13.2. The molecule has 15 heavy (non-hydrogen) atoms. The third kappa shape index (κ3) is 3.09. The van der Waals surface area contributed by atoms with Crippen LogP contribution in [0.25, 0.3) is 0 Å². The van der Waals surface area contributed by atoms with Crippen molar-refractivity contribution in [3.8, 4) is 11.9 Å². The number of hydrogen-bond donors (Lipinski definition) is 0. The lowest BCUT2D eigenvalue weighted by atomic mass is 10.2. The van der Waals surface area contributed by atoms with Gasteiger partial charge in [0.2, 0.25) is 0 Å². The second kappa shape index (κ2) is 4.13. The van der Waals surface area contributed by atoms with Crippen molar-refractivity contribution < 1.29 is 22.3 Å². The molecule has 3 nitrogen and oxygen atoms in total. The largest absolute Gasteiger partial charge is 0.574 e. The maximum Gasteiger partial charge on any atom is 0.574 e. The summed E-state index contributed by atoms with van der Waals surface area (Å²) in [4.78, 5) is 3.08. The Morgan fingerprint density at radius 1 is 1.47 bits per heavy atom. The molecule has 0 aliphatic heterocycles. The minimum atomic E-state index is -5.00. The van der Waals surface area contributed by atoms with Crippen molar-refractivity contribution >= 4 is 0 Å². The third-order valence-electron chi connectivity index (χ3n) is 1.42. The van der Waals surface area contributed by atoms with Gasteiger partial charge in [-0.3, -0.25) is 0 Å². The van der Waals surface area contributed by atoms with E-state index in [1.54, 1.807) is 6.07 Å². The molecule has 0 saturated heterocycles. The third-order valence-corrected chi connectivity index (χ3v) is 1.42. The van der Waals surface area contributed by atoms with Crippen molar-refractivity contribution in [2.45, 2.75) is 12.8 Å². The van der Waals surface area contributed by atoms with E-state index in [9.17, 15) is 17.6 Å². The fourth-order valence-electron chi connectivity index (χ4n) is 0.865. The van der Waals surface area contributed by atoms with E-state index < -0.39 is 18.1 Å². The van der Waals surface area contributed by atoms with E-state index in [2.05, 4.69) is 9.72 Å². The molecule has 80 valence electrons. The van der Waals surface area contributed by atoms with E-state index in [0.29, 0.717) is 0 Å². The van der Waals surface area contributed by atoms with Gasteiger partial charge in [-0.15, -0.1) is 13.2 Å². The number of ether oxygens (including phenoxy) is 1. The number of alkyl halides is 3. The Morgan fingerprint density at radius 2 is 2.13 bits per heavy atom. The molecule has 0 unspecified atom stereocenters. The topological polar surface area (TPSA) is 45.9 Å². The van der Waals surface area contributed by atoms with Crippen LogP contribution in [0.15, 0.2) is 12.3 Å². The lowest BCUT2D eigenvalue weighted by Gasteiger charge is -2.09. The second-order valence-corrected chi connectivity index (χ2v) is 2.47. The number of pyridine rings is 1. The summed E-state index contributed by atoms with van der Waals surface area (Å²) < 4.78 is 51.7. The minimum Gasteiger partial charge on any atom is -0.385 e. The zero-order valence-corrected chi connectivity index (χ0v) is 7.18. The fourth-order valence-corrected chi connectivity index (χ4v) is 0.865. The average Bonchev–Trinajstić information content (AvgIpc) is 2.10. The van der Waals surface area contributed by atoms with Crippen LogP contribution in [0.5, 0.6) is 5.88 Å². The quantitative estimate of drug-likeness (QED) is 0.717. The van der Waals surface area contributed by atoms with E-state index in [0.717, 1.165) is 12.3 Å². The molecule has 0 amide bonds. The van der Waals surface area contributed by atoms with Crippen molar-refractivity contribution in [2.24, 2.45) is 0 Å². The summed E-state index contributed by atoms with van der Waals surface area (Å²) in [5.74, 6) is -2.44. The van der Waals surface area contributed by atoms with Gasteiger partial charge in [-0.2, -0.15) is 5.26 Å². The lowest BCUT2D eigenvalue weighted by Crippen LogP contribution is -2.19. The molecule has 1 rings (SSSR count). The summed E-state index contributed by atoms with van der Waals surface area (Å²) in [6.07, 6.45) is -4.40. The van der Waals surface area contributed by atoms with Gasteiger partial charge in [-0.25, -0.2) is 9.37 Å². The fraction of sp³-hybridized carbons (Fsp3) is 0.250. The van der Waals surface area contributed by atoms with Gasteiger partial charge in [0.25, 0.3) is 5.88 Å². The molecule has 0 aliphatic rings. The van der Waals surface area contributed by atoms with Gasteiger partial charge >= 0.3 is 6.36 Å². The first kappa shape index (κ1) is 11.2. The van der Waals surface area contributed by atoms with Crippen molar-refractivity contribution in [1.29, 1.82) is 5.26 Å². The van der Waals surface area contributed by atoms with Crippen LogP contribution in [0.4, 0.5) is 17.6 Å². The average molecular weight is 220 g/mol. The molecule has 0 bridgehead atoms. The molecule has 0 atom stereocenters. The molecule has 0 fully saturated rings. The summed E-state index contributed by atoms with van der Waals surface area (Å²) in [7, 11) is 0. The summed E-state index contributed by atoms with van der Waals surface area (Å²) in [5.41, 5.74) is -0.188. The number of nitrogens with zero attached hydrogens (tertiary/aromatic N) is 2. The van der Waals surface area contributed by atoms with Gasteiger partial charge in [-0.05, 0) is 6.07 Å². The Morgan fingerprint density at radius 3 is 2.67 bits per heavy atom. The number of nitriles is 1. The standard InChI is InChI=1S/C8H4F4N2O/c9-6-5(1-3-13)2-4-14-7(6)15-8(10,11)12/h2,4H,1H2. The molecule has 0 radical (unpaired) electrons. The second-order valence-electron chi connectivity index (χ2n) is 2.47. The van der Waals surface area contributed by atoms with Crippen LogP contribution in [-0.2, 0) is 6.42 Å². The van der Waals surface area contributed by atoms with Gasteiger partial charge in [0.1, 0.15) is 0 Å². The normalized spacial score (nSPS) is 10.9. The summed E-state index contributed by atoms with van der Waals surface area (Å²) >= 11 is 0. The Kier molecular flexibility index (Phi) is 3.09. The maximum absolute atomic E-state index is 13.2. The molecule has 7 heteroatoms. The van der Waals surface area contributed by atoms with Crippen LogP contribution in [0.3, 0.4) is 0 Å². The van der Waals surface area contributed by atoms with Gasteiger partial charge < -0.3 is 4.74 Å². The van der Waals surface area contributed by atoms with Gasteiger partial charge in [0.05, 0.1) is 12.5 Å². The molecule has 1 aromatic rings. The number of aromatic nitrogens is 1. The summed E-state index contributed by atoms with van der Waals surface area (Å²) in [6.45, 7) is 0. The van der Waals surface area contributed by atoms with Crippen LogP contribution < -0.4 is 4.74 Å². The summed E-state index contributed by atoms with van der Waals surface area (Å²) in [6, 6.07) is 2.72. The van der Waals surface area contributed by atoms with E-state index in [1.165, 1.54) is 0 Å². The number of hydrogen-bond acceptors (Lipinski definition) is 3. The molecular formula is C8H4F4N2O. The highest BCUT2D eigenvalue weighted by atomic mass is 19.4. The Hall–Kier alpha value is -1.84. The molecule has 0 spiro atoms. The molecule has 0 saturated carbocycles. The van der Waals surface area contributed by atoms with Gasteiger partial charge in [-0.1, -0.05) is 0 Å².